The molecule has 0 aromatic heterocycles. The molecule has 2 N–H and O–H groups in total. The predicted octanol–water partition coefficient (Wildman–Crippen LogP) is 1.44. The average Bonchev–Trinajstić information content (AvgIpc) is 2.39. The first kappa shape index (κ1) is 15.6. The van der Waals surface area contributed by atoms with Gasteiger partial charge >= 0.3 is 6.03 Å². The number of methoxy groups -OCH3 is 1. The molecule has 5 nitrogen and oxygen atoms in total. The fourth-order valence-corrected chi connectivity index (χ4v) is 3.36. The molecule has 0 radical (unpaired) electrons. The lowest BCUT2D eigenvalue weighted by atomic mass is 9.69. The number of nitrogens with one attached hydrogen (secondary N) is 2. The Bertz CT molecular complexity index is 318. The lowest BCUT2D eigenvalue weighted by molar-refractivity contribution is 0.0200. The lowest BCUT2D eigenvalue weighted by Crippen LogP contribution is -2.49. The number of urea groups is 1. The molecule has 1 atom stereocenters. The van der Waals surface area contributed by atoms with Crippen molar-refractivity contribution in [2.45, 2.75) is 32.1 Å². The van der Waals surface area contributed by atoms with Crippen LogP contribution in [-0.2, 0) is 4.74 Å². The van der Waals surface area contributed by atoms with Gasteiger partial charge in [0.25, 0.3) is 0 Å². The van der Waals surface area contributed by atoms with Crippen molar-refractivity contribution in [3.63, 3.8) is 0 Å². The zero-order valence-corrected chi connectivity index (χ0v) is 12.9. The maximum absolute atomic E-state index is 11.9. The van der Waals surface area contributed by atoms with E-state index in [4.69, 9.17) is 4.74 Å². The van der Waals surface area contributed by atoms with Crippen molar-refractivity contribution in [3.8, 4) is 0 Å². The van der Waals surface area contributed by atoms with Crippen LogP contribution in [0.15, 0.2) is 0 Å². The third-order valence-electron chi connectivity index (χ3n) is 4.76. The van der Waals surface area contributed by atoms with Gasteiger partial charge in [-0.1, -0.05) is 6.42 Å². The van der Waals surface area contributed by atoms with E-state index < -0.39 is 0 Å². The van der Waals surface area contributed by atoms with Gasteiger partial charge in [-0.15, -0.1) is 0 Å². The Hall–Kier alpha value is -0.810. The second-order valence-corrected chi connectivity index (χ2v) is 6.62. The van der Waals surface area contributed by atoms with Crippen LogP contribution >= 0.6 is 0 Å². The average molecular weight is 283 g/mol. The Balaban J connectivity index is 1.62. The van der Waals surface area contributed by atoms with Crippen molar-refractivity contribution in [1.82, 2.24) is 15.5 Å². The van der Waals surface area contributed by atoms with Crippen LogP contribution in [0.2, 0.25) is 0 Å². The van der Waals surface area contributed by atoms with E-state index >= 15 is 0 Å². The standard InChI is InChI=1S/C15H29N3O2/c1-18-8-3-5-13(10-18)9-16-14(19)17-11-15(12-20-2)6-4-7-15/h13H,3-12H2,1-2H3,(H2,16,17,19)/t13-/m1/s1. The number of nitrogens with zero attached hydrogens (tertiary/aromatic N) is 1. The highest BCUT2D eigenvalue weighted by Crippen LogP contribution is 2.40. The second-order valence-electron chi connectivity index (χ2n) is 6.62. The Morgan fingerprint density at radius 3 is 2.75 bits per heavy atom. The van der Waals surface area contributed by atoms with Crippen molar-refractivity contribution >= 4 is 6.03 Å². The summed E-state index contributed by atoms with van der Waals surface area (Å²) < 4.78 is 5.27. The molecule has 2 amide bonds. The highest BCUT2D eigenvalue weighted by Gasteiger charge is 2.37. The van der Waals surface area contributed by atoms with Crippen LogP contribution in [-0.4, -0.2) is 57.9 Å². The van der Waals surface area contributed by atoms with E-state index in [0.29, 0.717) is 5.92 Å². The fourth-order valence-electron chi connectivity index (χ4n) is 3.36. The van der Waals surface area contributed by atoms with Crippen LogP contribution in [0.4, 0.5) is 4.79 Å². The van der Waals surface area contributed by atoms with Crippen LogP contribution in [0.3, 0.4) is 0 Å². The number of carbonyl (C=O) groups is 1. The maximum atomic E-state index is 11.9. The van der Waals surface area contributed by atoms with E-state index in [-0.39, 0.29) is 11.4 Å². The maximum Gasteiger partial charge on any atom is 0.314 e. The molecule has 1 saturated carbocycles. The van der Waals surface area contributed by atoms with E-state index in [1.165, 1.54) is 25.8 Å². The fraction of sp³-hybridized carbons (Fsp3) is 0.933. The molecule has 0 unspecified atom stereocenters. The van der Waals surface area contributed by atoms with Gasteiger partial charge in [0.2, 0.25) is 0 Å². The Labute approximate surface area is 122 Å². The third kappa shape index (κ3) is 4.35. The molecule has 1 saturated heterocycles. The van der Waals surface area contributed by atoms with E-state index in [9.17, 15) is 4.79 Å². The Morgan fingerprint density at radius 2 is 2.15 bits per heavy atom. The van der Waals surface area contributed by atoms with E-state index in [1.807, 2.05) is 0 Å². The molecule has 0 aromatic rings. The molecule has 0 bridgehead atoms. The molecule has 2 aliphatic rings. The molecular weight excluding hydrogens is 254 g/mol. The molecule has 1 heterocycles. The minimum Gasteiger partial charge on any atom is -0.384 e. The largest absolute Gasteiger partial charge is 0.384 e. The minimum absolute atomic E-state index is 0.0272. The lowest BCUT2D eigenvalue weighted by Gasteiger charge is -2.41. The third-order valence-corrected chi connectivity index (χ3v) is 4.76. The van der Waals surface area contributed by atoms with Crippen LogP contribution in [0.1, 0.15) is 32.1 Å². The van der Waals surface area contributed by atoms with Crippen molar-refractivity contribution < 1.29 is 9.53 Å². The monoisotopic (exact) mass is 283 g/mol. The van der Waals surface area contributed by atoms with Crippen LogP contribution in [0.5, 0.6) is 0 Å². The predicted molar refractivity (Wildman–Crippen MR) is 79.8 cm³/mol. The summed E-state index contributed by atoms with van der Waals surface area (Å²) >= 11 is 0. The van der Waals surface area contributed by atoms with Crippen molar-refractivity contribution in [2.75, 3.05) is 46.9 Å². The Morgan fingerprint density at radius 1 is 1.35 bits per heavy atom. The van der Waals surface area contributed by atoms with Gasteiger partial charge in [-0.3, -0.25) is 0 Å². The highest BCUT2D eigenvalue weighted by atomic mass is 16.5. The first-order valence-electron chi connectivity index (χ1n) is 7.83. The molecule has 1 aliphatic carbocycles. The number of carbonyl (C=O) groups excluding carboxylic acids is 1. The summed E-state index contributed by atoms with van der Waals surface area (Å²) in [5.41, 5.74) is 0.192. The van der Waals surface area contributed by atoms with Crippen molar-refractivity contribution in [3.05, 3.63) is 0 Å². The summed E-state index contributed by atoms with van der Waals surface area (Å²) in [6.07, 6.45) is 6.03. The van der Waals surface area contributed by atoms with Gasteiger partial charge in [0, 0.05) is 32.2 Å². The molecule has 1 aliphatic heterocycles. The smallest absolute Gasteiger partial charge is 0.314 e. The summed E-state index contributed by atoms with van der Waals surface area (Å²) in [6, 6.07) is -0.0272. The zero-order valence-electron chi connectivity index (χ0n) is 12.9. The number of rotatable bonds is 6. The van der Waals surface area contributed by atoms with Gasteiger partial charge in [-0.2, -0.15) is 0 Å². The quantitative estimate of drug-likeness (QED) is 0.775. The van der Waals surface area contributed by atoms with Crippen molar-refractivity contribution in [1.29, 1.82) is 0 Å². The van der Waals surface area contributed by atoms with Gasteiger partial charge in [-0.05, 0) is 45.2 Å². The van der Waals surface area contributed by atoms with Gasteiger partial charge < -0.3 is 20.3 Å². The van der Waals surface area contributed by atoms with Gasteiger partial charge in [0.1, 0.15) is 0 Å². The molecule has 5 heteroatoms. The molecule has 2 rings (SSSR count). The second kappa shape index (κ2) is 7.27. The molecule has 0 aromatic carbocycles. The van der Waals surface area contributed by atoms with Crippen LogP contribution in [0.25, 0.3) is 0 Å². The molecular formula is C15H29N3O2. The van der Waals surface area contributed by atoms with E-state index in [0.717, 1.165) is 39.1 Å². The summed E-state index contributed by atoms with van der Waals surface area (Å²) in [7, 11) is 3.89. The number of piperidine rings is 1. The summed E-state index contributed by atoms with van der Waals surface area (Å²) in [5.74, 6) is 0.594. The molecule has 0 spiro atoms. The van der Waals surface area contributed by atoms with Gasteiger partial charge in [0.15, 0.2) is 0 Å². The first-order chi connectivity index (χ1) is 9.63. The molecule has 2 fully saturated rings. The topological polar surface area (TPSA) is 53.6 Å². The van der Waals surface area contributed by atoms with Crippen LogP contribution in [0, 0.1) is 11.3 Å². The SMILES string of the molecule is COCC1(CNC(=O)NC[C@H]2CCCN(C)C2)CCC1. The van der Waals surface area contributed by atoms with Crippen molar-refractivity contribution in [2.24, 2.45) is 11.3 Å². The van der Waals surface area contributed by atoms with Gasteiger partial charge in [-0.25, -0.2) is 4.79 Å². The Kier molecular flexibility index (Phi) is 5.66. The zero-order chi connectivity index (χ0) is 14.4. The highest BCUT2D eigenvalue weighted by molar-refractivity contribution is 5.73. The summed E-state index contributed by atoms with van der Waals surface area (Å²) in [4.78, 5) is 14.2. The number of likely N-dealkylation sites (tertiary alicyclic amines) is 1. The minimum atomic E-state index is -0.0272. The number of hydrogen-bond donors (Lipinski definition) is 2. The molecule has 20 heavy (non-hydrogen) atoms. The van der Waals surface area contributed by atoms with Crippen LogP contribution < -0.4 is 10.6 Å². The molecule has 116 valence electrons. The number of amides is 2. The summed E-state index contributed by atoms with van der Waals surface area (Å²) in [5, 5.41) is 6.04. The van der Waals surface area contributed by atoms with Gasteiger partial charge in [0.05, 0.1) is 6.61 Å². The summed E-state index contributed by atoms with van der Waals surface area (Å²) in [6.45, 7) is 4.54. The first-order valence-corrected chi connectivity index (χ1v) is 7.83. The van der Waals surface area contributed by atoms with E-state index in [1.54, 1.807) is 7.11 Å². The number of ether oxygens (including phenoxy) is 1. The normalized spacial score (nSPS) is 25.8. The number of hydrogen-bond acceptors (Lipinski definition) is 3. The van der Waals surface area contributed by atoms with E-state index in [2.05, 4.69) is 22.6 Å².